The Balaban J connectivity index is 2.43. The molecule has 108 valence electrons. The van der Waals surface area contributed by atoms with Gasteiger partial charge in [0, 0.05) is 11.6 Å². The van der Waals surface area contributed by atoms with Gasteiger partial charge in [-0.2, -0.15) is 0 Å². The average molecular weight is 276 g/mol. The molecule has 0 aliphatic carbocycles. The molecule has 0 aliphatic rings. The Morgan fingerprint density at radius 1 is 1.10 bits per heavy atom. The van der Waals surface area contributed by atoms with Crippen LogP contribution < -0.4 is 4.74 Å². The molecule has 0 fully saturated rings. The molecule has 4 heteroatoms. The number of aliphatic carboxylic acids is 1. The number of benzene rings is 1. The summed E-state index contributed by atoms with van der Waals surface area (Å²) >= 11 is 0. The number of hydrogen-bond acceptors (Lipinski definition) is 3. The number of carbonyl (C=O) groups is 2. The minimum absolute atomic E-state index is 0.332. The highest BCUT2D eigenvalue weighted by atomic mass is 16.5. The van der Waals surface area contributed by atoms with Crippen LogP contribution in [0.15, 0.2) is 36.4 Å². The summed E-state index contributed by atoms with van der Waals surface area (Å²) in [5, 5.41) is 8.45. The van der Waals surface area contributed by atoms with E-state index in [-0.39, 0.29) is 5.78 Å². The molecule has 0 unspecified atom stereocenters. The van der Waals surface area contributed by atoms with E-state index in [1.165, 1.54) is 12.8 Å². The molecule has 1 aromatic rings. The number of ketones is 1. The van der Waals surface area contributed by atoms with Crippen LogP contribution >= 0.6 is 0 Å². The topological polar surface area (TPSA) is 63.6 Å². The normalized spacial score (nSPS) is 10.7. The lowest BCUT2D eigenvalue weighted by atomic mass is 10.1. The quantitative estimate of drug-likeness (QED) is 0.426. The fourth-order valence-electron chi connectivity index (χ4n) is 1.68. The van der Waals surface area contributed by atoms with Gasteiger partial charge < -0.3 is 9.84 Å². The Morgan fingerprint density at radius 2 is 1.80 bits per heavy atom. The summed E-state index contributed by atoms with van der Waals surface area (Å²) in [7, 11) is 0. The second kappa shape index (κ2) is 8.91. The third-order valence-electron chi connectivity index (χ3n) is 2.78. The van der Waals surface area contributed by atoms with E-state index in [0.29, 0.717) is 12.2 Å². The van der Waals surface area contributed by atoms with E-state index in [2.05, 4.69) is 6.92 Å². The number of rotatable bonds is 9. The van der Waals surface area contributed by atoms with E-state index in [4.69, 9.17) is 9.84 Å². The standard InChI is InChI=1S/C16H20O4/c1-2-3-4-5-12-20-14-8-6-13(7-9-14)15(17)10-11-16(18)19/h6-11H,2-5,12H2,1H3,(H,18,19). The van der Waals surface area contributed by atoms with E-state index in [1.807, 2.05) is 0 Å². The molecular weight excluding hydrogens is 256 g/mol. The number of hydrogen-bond donors (Lipinski definition) is 1. The van der Waals surface area contributed by atoms with Crippen LogP contribution in [0.4, 0.5) is 0 Å². The summed E-state index contributed by atoms with van der Waals surface area (Å²) in [6.07, 6.45) is 6.47. The molecule has 0 atom stereocenters. The first-order chi connectivity index (χ1) is 9.63. The van der Waals surface area contributed by atoms with Gasteiger partial charge in [0.2, 0.25) is 0 Å². The Labute approximate surface area is 119 Å². The van der Waals surface area contributed by atoms with E-state index >= 15 is 0 Å². The molecule has 1 N–H and O–H groups in total. The predicted molar refractivity (Wildman–Crippen MR) is 77.2 cm³/mol. The summed E-state index contributed by atoms with van der Waals surface area (Å²) in [6, 6.07) is 6.72. The van der Waals surface area contributed by atoms with Crippen LogP contribution in [0.5, 0.6) is 5.75 Å². The van der Waals surface area contributed by atoms with Crippen LogP contribution in [0.3, 0.4) is 0 Å². The molecule has 0 bridgehead atoms. The van der Waals surface area contributed by atoms with Crippen molar-refractivity contribution < 1.29 is 19.4 Å². The SMILES string of the molecule is CCCCCCOc1ccc(C(=O)C=CC(=O)O)cc1. The van der Waals surface area contributed by atoms with Crippen LogP contribution in [0.1, 0.15) is 43.0 Å². The van der Waals surface area contributed by atoms with E-state index < -0.39 is 5.97 Å². The minimum atomic E-state index is -1.13. The van der Waals surface area contributed by atoms with Crippen molar-refractivity contribution in [3.63, 3.8) is 0 Å². The van der Waals surface area contributed by atoms with Gasteiger partial charge in [-0.15, -0.1) is 0 Å². The maximum absolute atomic E-state index is 11.6. The fourth-order valence-corrected chi connectivity index (χ4v) is 1.68. The maximum atomic E-state index is 11.6. The summed E-state index contributed by atoms with van der Waals surface area (Å²) < 4.78 is 5.56. The van der Waals surface area contributed by atoms with Gasteiger partial charge in [0.25, 0.3) is 0 Å². The molecule has 0 aromatic heterocycles. The number of allylic oxidation sites excluding steroid dienone is 1. The van der Waals surface area contributed by atoms with Crippen LogP contribution in [-0.4, -0.2) is 23.5 Å². The molecule has 0 saturated heterocycles. The van der Waals surface area contributed by atoms with E-state index in [1.54, 1.807) is 24.3 Å². The van der Waals surface area contributed by atoms with Crippen molar-refractivity contribution in [2.45, 2.75) is 32.6 Å². The van der Waals surface area contributed by atoms with Gasteiger partial charge in [0.15, 0.2) is 5.78 Å². The van der Waals surface area contributed by atoms with Crippen LogP contribution in [0.2, 0.25) is 0 Å². The van der Waals surface area contributed by atoms with Crippen molar-refractivity contribution >= 4 is 11.8 Å². The van der Waals surface area contributed by atoms with Crippen LogP contribution in [-0.2, 0) is 4.79 Å². The van der Waals surface area contributed by atoms with Crippen molar-refractivity contribution in [1.29, 1.82) is 0 Å². The smallest absolute Gasteiger partial charge is 0.328 e. The Hall–Kier alpha value is -2.10. The van der Waals surface area contributed by atoms with Gasteiger partial charge in [-0.05, 0) is 36.8 Å². The lowest BCUT2D eigenvalue weighted by Crippen LogP contribution is -1.99. The molecule has 0 amide bonds. The highest BCUT2D eigenvalue weighted by Crippen LogP contribution is 2.13. The first kappa shape index (κ1) is 16.0. The second-order valence-electron chi connectivity index (χ2n) is 4.47. The number of carboxylic acid groups (broad SMARTS) is 1. The molecule has 0 aliphatic heterocycles. The molecule has 0 spiro atoms. The van der Waals surface area contributed by atoms with Crippen LogP contribution in [0.25, 0.3) is 0 Å². The summed E-state index contributed by atoms with van der Waals surface area (Å²) in [4.78, 5) is 21.9. The summed E-state index contributed by atoms with van der Waals surface area (Å²) in [5.74, 6) is -0.743. The summed E-state index contributed by atoms with van der Waals surface area (Å²) in [6.45, 7) is 2.83. The van der Waals surface area contributed by atoms with Gasteiger partial charge in [0.05, 0.1) is 6.61 Å². The van der Waals surface area contributed by atoms with Crippen LogP contribution in [0, 0.1) is 0 Å². The molecule has 0 heterocycles. The third kappa shape index (κ3) is 6.18. The maximum Gasteiger partial charge on any atom is 0.328 e. The van der Waals surface area contributed by atoms with Gasteiger partial charge in [-0.25, -0.2) is 4.79 Å². The molecule has 1 aromatic carbocycles. The van der Waals surface area contributed by atoms with Gasteiger partial charge in [-0.1, -0.05) is 26.2 Å². The van der Waals surface area contributed by atoms with Crippen molar-refractivity contribution in [3.8, 4) is 5.75 Å². The second-order valence-corrected chi connectivity index (χ2v) is 4.47. The third-order valence-corrected chi connectivity index (χ3v) is 2.78. The van der Waals surface area contributed by atoms with Crippen molar-refractivity contribution in [2.75, 3.05) is 6.61 Å². The average Bonchev–Trinajstić information content (AvgIpc) is 2.45. The molecular formula is C16H20O4. The molecule has 0 saturated carbocycles. The first-order valence-electron chi connectivity index (χ1n) is 6.81. The van der Waals surface area contributed by atoms with E-state index in [0.717, 1.165) is 30.7 Å². The lowest BCUT2D eigenvalue weighted by molar-refractivity contribution is -0.131. The largest absolute Gasteiger partial charge is 0.494 e. The zero-order valence-corrected chi connectivity index (χ0v) is 11.7. The number of ether oxygens (including phenoxy) is 1. The first-order valence-corrected chi connectivity index (χ1v) is 6.81. The van der Waals surface area contributed by atoms with Crippen molar-refractivity contribution in [2.24, 2.45) is 0 Å². The zero-order chi connectivity index (χ0) is 14.8. The number of carboxylic acids is 1. The molecule has 4 nitrogen and oxygen atoms in total. The Bertz CT molecular complexity index is 460. The number of unbranched alkanes of at least 4 members (excludes halogenated alkanes) is 3. The highest BCUT2D eigenvalue weighted by Gasteiger charge is 2.03. The molecule has 1 rings (SSSR count). The predicted octanol–water partition coefficient (Wildman–Crippen LogP) is 3.47. The minimum Gasteiger partial charge on any atom is -0.494 e. The Morgan fingerprint density at radius 3 is 2.40 bits per heavy atom. The van der Waals surface area contributed by atoms with Gasteiger partial charge in [0.1, 0.15) is 5.75 Å². The number of carbonyl (C=O) groups excluding carboxylic acids is 1. The monoisotopic (exact) mass is 276 g/mol. The van der Waals surface area contributed by atoms with Gasteiger partial charge in [-0.3, -0.25) is 4.79 Å². The van der Waals surface area contributed by atoms with E-state index in [9.17, 15) is 9.59 Å². The highest BCUT2D eigenvalue weighted by molar-refractivity contribution is 6.06. The zero-order valence-electron chi connectivity index (χ0n) is 11.7. The fraction of sp³-hybridized carbons (Fsp3) is 0.375. The van der Waals surface area contributed by atoms with Crippen molar-refractivity contribution in [3.05, 3.63) is 42.0 Å². The van der Waals surface area contributed by atoms with Gasteiger partial charge >= 0.3 is 5.97 Å². The lowest BCUT2D eigenvalue weighted by Gasteiger charge is -2.06. The molecule has 0 radical (unpaired) electrons. The molecule has 20 heavy (non-hydrogen) atoms. The van der Waals surface area contributed by atoms with Crippen molar-refractivity contribution in [1.82, 2.24) is 0 Å². The summed E-state index contributed by atoms with van der Waals surface area (Å²) in [5.41, 5.74) is 0.445. The Kier molecular flexibility index (Phi) is 7.11.